The van der Waals surface area contributed by atoms with Gasteiger partial charge in [-0.05, 0) is 12.1 Å². The molecule has 0 saturated carbocycles. The van der Waals surface area contributed by atoms with Crippen molar-refractivity contribution in [3.63, 3.8) is 0 Å². The minimum absolute atomic E-state index is 0.0201. The summed E-state index contributed by atoms with van der Waals surface area (Å²) in [6.07, 6.45) is -2.51. The van der Waals surface area contributed by atoms with Crippen molar-refractivity contribution in [3.05, 3.63) is 42.0 Å². The number of aliphatic hydroxyl groups is 1. The van der Waals surface area contributed by atoms with Gasteiger partial charge < -0.3 is 41.9 Å². The molecule has 3 rings (SSSR count). The Morgan fingerprint density at radius 2 is 1.51 bits per heavy atom. The molecule has 0 bridgehead atoms. The van der Waals surface area contributed by atoms with E-state index in [1.54, 1.807) is 6.07 Å². The van der Waals surface area contributed by atoms with Crippen molar-refractivity contribution >= 4 is 22.3 Å². The molecule has 1 fully saturated rings. The summed E-state index contributed by atoms with van der Waals surface area (Å²) in [5.41, 5.74) is 0.304. The second kappa shape index (κ2) is 13.7. The van der Waals surface area contributed by atoms with Gasteiger partial charge >= 0.3 is 22.3 Å². The molecule has 13 nitrogen and oxygen atoms in total. The van der Waals surface area contributed by atoms with Crippen LogP contribution in [0.1, 0.15) is 33.3 Å². The largest absolute Gasteiger partial charge is 0.501 e. The second-order valence-electron chi connectivity index (χ2n) is 9.24. The zero-order valence-electron chi connectivity index (χ0n) is 23.5. The van der Waals surface area contributed by atoms with Gasteiger partial charge in [-0.3, -0.25) is 9.59 Å². The summed E-state index contributed by atoms with van der Waals surface area (Å²) in [5.74, 6) is -1.75. The van der Waals surface area contributed by atoms with Gasteiger partial charge in [-0.1, -0.05) is 26.0 Å². The molecule has 1 aliphatic rings. The number of benzene rings is 2. The molecule has 14 heteroatoms. The third-order valence-electron chi connectivity index (χ3n) is 6.43. The van der Waals surface area contributed by atoms with Crippen LogP contribution in [0.4, 0.5) is 0 Å². The molecule has 0 amide bonds. The van der Waals surface area contributed by atoms with E-state index >= 15 is 0 Å². The average molecular weight is 599 g/mol. The second-order valence-corrected chi connectivity index (χ2v) is 10.4. The van der Waals surface area contributed by atoms with E-state index in [9.17, 15) is 23.1 Å². The molecule has 1 heterocycles. The van der Waals surface area contributed by atoms with Crippen molar-refractivity contribution in [2.24, 2.45) is 11.8 Å². The van der Waals surface area contributed by atoms with Gasteiger partial charge in [0, 0.05) is 37.8 Å². The van der Waals surface area contributed by atoms with Gasteiger partial charge in [0.25, 0.3) is 0 Å². The van der Waals surface area contributed by atoms with Gasteiger partial charge in [0.05, 0.1) is 26.4 Å². The quantitative estimate of drug-likeness (QED) is 0.355. The van der Waals surface area contributed by atoms with E-state index in [0.29, 0.717) is 5.56 Å². The molecule has 0 spiro atoms. The van der Waals surface area contributed by atoms with Crippen LogP contribution in [0.3, 0.4) is 0 Å². The summed E-state index contributed by atoms with van der Waals surface area (Å²) in [4.78, 5) is 23.1. The van der Waals surface area contributed by atoms with Crippen LogP contribution < -0.4 is 22.6 Å². The lowest BCUT2D eigenvalue weighted by Crippen LogP contribution is -2.54. The standard InChI is InChI=1S/C27H34O13S/c1-15-16(2)27(38-25(14-35-17(3)29)26(15)36-18(4)30)37-21-9-7-8-10-22(21)40-41(31,32)39-19-11-23(33-5)20(13-28)24(12-19)34-6/h7-12,15-16,25-28H,13-14H2,1-6H3/t15-,16-,25-,26-,27?/m1/s1. The van der Waals surface area contributed by atoms with Gasteiger partial charge in [0.2, 0.25) is 6.29 Å². The number of carbonyl (C=O) groups is 2. The van der Waals surface area contributed by atoms with Gasteiger partial charge in [0.15, 0.2) is 17.2 Å². The molecule has 0 aromatic heterocycles. The van der Waals surface area contributed by atoms with Crippen LogP contribution in [0.25, 0.3) is 0 Å². The zero-order valence-corrected chi connectivity index (χ0v) is 24.3. The van der Waals surface area contributed by atoms with E-state index in [-0.39, 0.29) is 47.2 Å². The van der Waals surface area contributed by atoms with Crippen LogP contribution in [0.15, 0.2) is 36.4 Å². The first-order valence-electron chi connectivity index (χ1n) is 12.6. The van der Waals surface area contributed by atoms with Crippen molar-refractivity contribution < 1.29 is 59.9 Å². The maximum atomic E-state index is 12.9. The molecule has 226 valence electrons. The Balaban J connectivity index is 1.83. The Bertz CT molecular complexity index is 1300. The molecule has 1 unspecified atom stereocenters. The van der Waals surface area contributed by atoms with Crippen LogP contribution >= 0.6 is 0 Å². The normalized spacial score (nSPS) is 22.3. The number of carbonyl (C=O) groups excluding carboxylic acids is 2. The first-order chi connectivity index (χ1) is 19.4. The van der Waals surface area contributed by atoms with Crippen LogP contribution in [0.5, 0.6) is 28.7 Å². The molecule has 0 aliphatic carbocycles. The maximum absolute atomic E-state index is 12.9. The Morgan fingerprint density at radius 1 is 0.902 bits per heavy atom. The van der Waals surface area contributed by atoms with Crippen molar-refractivity contribution in [1.82, 2.24) is 0 Å². The van der Waals surface area contributed by atoms with E-state index in [2.05, 4.69) is 0 Å². The van der Waals surface area contributed by atoms with Gasteiger partial charge in [0.1, 0.15) is 30.3 Å². The fourth-order valence-electron chi connectivity index (χ4n) is 4.25. The lowest BCUT2D eigenvalue weighted by molar-refractivity contribution is -0.248. The molecule has 2 aromatic rings. The maximum Gasteiger partial charge on any atom is 0.501 e. The summed E-state index contributed by atoms with van der Waals surface area (Å²) < 4.78 is 69.1. The molecule has 0 radical (unpaired) electrons. The van der Waals surface area contributed by atoms with Crippen LogP contribution in [-0.4, -0.2) is 64.8 Å². The number of hydrogen-bond donors (Lipinski definition) is 1. The lowest BCUT2D eigenvalue weighted by Gasteiger charge is -2.43. The average Bonchev–Trinajstić information content (AvgIpc) is 2.91. The highest BCUT2D eigenvalue weighted by Gasteiger charge is 2.45. The molecular weight excluding hydrogens is 564 g/mol. The summed E-state index contributed by atoms with van der Waals surface area (Å²) in [5, 5.41) is 9.59. The third-order valence-corrected chi connectivity index (χ3v) is 7.21. The number of ether oxygens (including phenoxy) is 6. The molecule has 2 aromatic carbocycles. The highest BCUT2D eigenvalue weighted by molar-refractivity contribution is 7.82. The predicted molar refractivity (Wildman–Crippen MR) is 142 cm³/mol. The molecular formula is C27H34O13S. The van der Waals surface area contributed by atoms with Gasteiger partial charge in [-0.25, -0.2) is 0 Å². The minimum atomic E-state index is -4.71. The lowest BCUT2D eigenvalue weighted by atomic mass is 9.84. The highest BCUT2D eigenvalue weighted by Crippen LogP contribution is 2.38. The van der Waals surface area contributed by atoms with Crippen molar-refractivity contribution in [2.75, 3.05) is 20.8 Å². The van der Waals surface area contributed by atoms with Crippen LogP contribution in [0, 0.1) is 11.8 Å². The van der Waals surface area contributed by atoms with E-state index in [1.807, 2.05) is 13.8 Å². The summed E-state index contributed by atoms with van der Waals surface area (Å²) in [6, 6.07) is 8.51. The number of para-hydroxylation sites is 2. The Hall–Kier alpha value is -3.75. The fourth-order valence-corrected chi connectivity index (χ4v) is 4.98. The predicted octanol–water partition coefficient (Wildman–Crippen LogP) is 2.77. The van der Waals surface area contributed by atoms with Crippen molar-refractivity contribution in [1.29, 1.82) is 0 Å². The number of aliphatic hydroxyl groups excluding tert-OH is 1. The molecule has 41 heavy (non-hydrogen) atoms. The van der Waals surface area contributed by atoms with E-state index in [4.69, 9.17) is 36.8 Å². The number of hydrogen-bond acceptors (Lipinski definition) is 13. The number of rotatable bonds is 12. The molecule has 1 N–H and O–H groups in total. The van der Waals surface area contributed by atoms with E-state index < -0.39 is 47.4 Å². The number of esters is 2. The Kier molecular flexibility index (Phi) is 10.7. The number of methoxy groups -OCH3 is 2. The smallest absolute Gasteiger partial charge is 0.496 e. The van der Waals surface area contributed by atoms with Gasteiger partial charge in [-0.15, -0.1) is 8.42 Å². The molecule has 5 atom stereocenters. The monoisotopic (exact) mass is 598 g/mol. The SMILES string of the molecule is COc1cc(OS(=O)(=O)Oc2ccccc2OC2O[C@H](COC(C)=O)[C@H](OC(C)=O)[C@H](C)[C@H]2C)cc(OC)c1CO. The molecule has 1 saturated heterocycles. The third kappa shape index (κ3) is 8.15. The van der Waals surface area contributed by atoms with Crippen molar-refractivity contribution in [3.8, 4) is 28.7 Å². The fraction of sp³-hybridized carbons (Fsp3) is 0.481. The van der Waals surface area contributed by atoms with Gasteiger partial charge in [-0.2, -0.15) is 0 Å². The van der Waals surface area contributed by atoms with Crippen LogP contribution in [0.2, 0.25) is 0 Å². The van der Waals surface area contributed by atoms with Crippen molar-refractivity contribution in [2.45, 2.75) is 52.8 Å². The summed E-state index contributed by atoms with van der Waals surface area (Å²) >= 11 is 0. The van der Waals surface area contributed by atoms with E-state index in [0.717, 1.165) is 0 Å². The van der Waals surface area contributed by atoms with Crippen LogP contribution in [-0.2, 0) is 40.8 Å². The summed E-state index contributed by atoms with van der Waals surface area (Å²) in [6.45, 7) is 5.56. The first kappa shape index (κ1) is 31.8. The minimum Gasteiger partial charge on any atom is -0.496 e. The zero-order chi connectivity index (χ0) is 30.3. The highest BCUT2D eigenvalue weighted by atomic mass is 32.3. The molecule has 1 aliphatic heterocycles. The Labute approximate surface area is 238 Å². The van der Waals surface area contributed by atoms with E-state index in [1.165, 1.54) is 58.4 Å². The topological polar surface area (TPSA) is 162 Å². The summed E-state index contributed by atoms with van der Waals surface area (Å²) in [7, 11) is -2.02. The Morgan fingerprint density at radius 3 is 2.05 bits per heavy atom. The first-order valence-corrected chi connectivity index (χ1v) is 13.9.